The number of ether oxygens (including phenoxy) is 2. The highest BCUT2D eigenvalue weighted by Gasteiger charge is 2.23. The van der Waals surface area contributed by atoms with Crippen molar-refractivity contribution in [3.05, 3.63) is 29.8 Å². The minimum absolute atomic E-state index is 0.0518. The molecule has 1 aromatic rings. The van der Waals surface area contributed by atoms with Gasteiger partial charge in [-0.2, -0.15) is 0 Å². The van der Waals surface area contributed by atoms with E-state index in [1.807, 2.05) is 24.3 Å². The van der Waals surface area contributed by atoms with Crippen LogP contribution >= 0.6 is 0 Å². The smallest absolute Gasteiger partial charge is 0.258 e. The predicted molar refractivity (Wildman–Crippen MR) is 114 cm³/mol. The number of nitrogens with zero attached hydrogens (tertiary/aromatic N) is 1. The van der Waals surface area contributed by atoms with Crippen LogP contribution < -0.4 is 20.7 Å². The summed E-state index contributed by atoms with van der Waals surface area (Å²) in [6.45, 7) is 5.98. The Balaban J connectivity index is 1.38. The van der Waals surface area contributed by atoms with E-state index in [9.17, 15) is 4.79 Å². The van der Waals surface area contributed by atoms with Gasteiger partial charge in [0.2, 0.25) is 0 Å². The van der Waals surface area contributed by atoms with Crippen molar-refractivity contribution in [1.29, 1.82) is 0 Å². The molecule has 29 heavy (non-hydrogen) atoms. The summed E-state index contributed by atoms with van der Waals surface area (Å²) in [5.74, 6) is 2.24. The van der Waals surface area contributed by atoms with Crippen LogP contribution in [-0.4, -0.2) is 50.8 Å². The van der Waals surface area contributed by atoms with Crippen molar-refractivity contribution in [1.82, 2.24) is 16.0 Å². The lowest BCUT2D eigenvalue weighted by atomic mass is 10.2. The van der Waals surface area contributed by atoms with Crippen LogP contribution in [0.5, 0.6) is 5.75 Å². The molecular weight excluding hydrogens is 368 g/mol. The lowest BCUT2D eigenvalue weighted by molar-refractivity contribution is -0.123. The summed E-state index contributed by atoms with van der Waals surface area (Å²) >= 11 is 0. The van der Waals surface area contributed by atoms with Crippen molar-refractivity contribution >= 4 is 11.9 Å². The summed E-state index contributed by atoms with van der Waals surface area (Å²) in [7, 11) is 0. The number of aliphatic imine (C=N–C) groups is 1. The maximum absolute atomic E-state index is 11.8. The maximum Gasteiger partial charge on any atom is 0.258 e. The standard InChI is InChI=1S/C22H34N4O3/c1-2-23-22(24-11-4-12-28-15-17-7-8-17)25-14-18-5-3-6-20(13-18)29-16-21(27)26-19-9-10-19/h3,5-6,13,17,19H,2,4,7-12,14-16H2,1H3,(H,26,27)(H2,23,24,25). The topological polar surface area (TPSA) is 84.0 Å². The molecular formula is C22H34N4O3. The minimum atomic E-state index is -0.0596. The first-order valence-corrected chi connectivity index (χ1v) is 10.8. The molecule has 0 spiro atoms. The van der Waals surface area contributed by atoms with E-state index in [1.165, 1.54) is 12.8 Å². The average Bonchev–Trinajstić information content (AvgIpc) is 3.63. The van der Waals surface area contributed by atoms with Gasteiger partial charge < -0.3 is 25.4 Å². The minimum Gasteiger partial charge on any atom is -0.484 e. The zero-order valence-corrected chi connectivity index (χ0v) is 17.4. The van der Waals surface area contributed by atoms with E-state index >= 15 is 0 Å². The number of carbonyl (C=O) groups excluding carboxylic acids is 1. The van der Waals surface area contributed by atoms with Gasteiger partial charge in [-0.15, -0.1) is 0 Å². The number of guanidine groups is 1. The monoisotopic (exact) mass is 402 g/mol. The Bertz CT molecular complexity index is 672. The maximum atomic E-state index is 11.8. The fraction of sp³-hybridized carbons (Fsp3) is 0.636. The zero-order chi connectivity index (χ0) is 20.3. The van der Waals surface area contributed by atoms with Crippen LogP contribution in [-0.2, 0) is 16.1 Å². The van der Waals surface area contributed by atoms with Gasteiger partial charge in [-0.3, -0.25) is 4.79 Å². The molecule has 2 aliphatic rings. The molecule has 0 aliphatic heterocycles. The van der Waals surface area contributed by atoms with E-state index < -0.39 is 0 Å². The van der Waals surface area contributed by atoms with Crippen LogP contribution in [0, 0.1) is 5.92 Å². The molecule has 0 heterocycles. The molecule has 7 heteroatoms. The summed E-state index contributed by atoms with van der Waals surface area (Å²) in [6, 6.07) is 8.09. The normalized spacial score (nSPS) is 16.4. The molecule has 0 unspecified atom stereocenters. The summed E-state index contributed by atoms with van der Waals surface area (Å²) in [5.41, 5.74) is 1.04. The number of hydrogen-bond acceptors (Lipinski definition) is 4. The Morgan fingerprint density at radius 1 is 1.21 bits per heavy atom. The number of amides is 1. The molecule has 7 nitrogen and oxygen atoms in total. The summed E-state index contributed by atoms with van der Waals surface area (Å²) < 4.78 is 11.3. The highest BCUT2D eigenvalue weighted by Crippen LogP contribution is 2.28. The molecule has 1 amide bonds. The van der Waals surface area contributed by atoms with E-state index in [1.54, 1.807) is 0 Å². The molecule has 2 aliphatic carbocycles. The average molecular weight is 403 g/mol. The van der Waals surface area contributed by atoms with Gasteiger partial charge in [-0.25, -0.2) is 4.99 Å². The second-order valence-corrected chi connectivity index (χ2v) is 7.77. The summed E-state index contributed by atoms with van der Waals surface area (Å²) in [4.78, 5) is 16.4. The van der Waals surface area contributed by atoms with Gasteiger partial charge in [-0.1, -0.05) is 12.1 Å². The van der Waals surface area contributed by atoms with Crippen LogP contribution in [0.15, 0.2) is 29.3 Å². The quantitative estimate of drug-likeness (QED) is 0.268. The van der Waals surface area contributed by atoms with Gasteiger partial charge in [0.05, 0.1) is 6.54 Å². The van der Waals surface area contributed by atoms with E-state index in [0.717, 1.165) is 63.0 Å². The lowest BCUT2D eigenvalue weighted by Crippen LogP contribution is -2.38. The molecule has 2 fully saturated rings. The fourth-order valence-electron chi connectivity index (χ4n) is 2.81. The molecule has 0 radical (unpaired) electrons. The van der Waals surface area contributed by atoms with E-state index in [4.69, 9.17) is 9.47 Å². The molecule has 3 N–H and O–H groups in total. The van der Waals surface area contributed by atoms with Crippen molar-refractivity contribution in [2.45, 2.75) is 51.6 Å². The van der Waals surface area contributed by atoms with Crippen LogP contribution in [0.3, 0.4) is 0 Å². The molecule has 0 bridgehead atoms. The third-order valence-electron chi connectivity index (χ3n) is 4.78. The lowest BCUT2D eigenvalue weighted by Gasteiger charge is -2.12. The van der Waals surface area contributed by atoms with Crippen LogP contribution in [0.4, 0.5) is 0 Å². The number of nitrogens with one attached hydrogen (secondary N) is 3. The highest BCUT2D eigenvalue weighted by atomic mass is 16.5. The largest absolute Gasteiger partial charge is 0.484 e. The van der Waals surface area contributed by atoms with E-state index in [0.29, 0.717) is 18.3 Å². The van der Waals surface area contributed by atoms with Gasteiger partial charge in [0.15, 0.2) is 12.6 Å². The fourth-order valence-corrected chi connectivity index (χ4v) is 2.81. The third-order valence-corrected chi connectivity index (χ3v) is 4.78. The number of hydrogen-bond donors (Lipinski definition) is 3. The zero-order valence-electron chi connectivity index (χ0n) is 17.4. The van der Waals surface area contributed by atoms with Crippen molar-refractivity contribution < 1.29 is 14.3 Å². The first kappa shape index (κ1) is 21.4. The van der Waals surface area contributed by atoms with Gasteiger partial charge >= 0.3 is 0 Å². The molecule has 3 rings (SSSR count). The number of rotatable bonds is 13. The second kappa shape index (κ2) is 11.7. The van der Waals surface area contributed by atoms with Crippen LogP contribution in [0.25, 0.3) is 0 Å². The molecule has 0 atom stereocenters. The Morgan fingerprint density at radius 3 is 2.83 bits per heavy atom. The molecule has 1 aromatic carbocycles. The van der Waals surface area contributed by atoms with Gasteiger partial charge in [-0.05, 0) is 62.6 Å². The Hall–Kier alpha value is -2.28. The molecule has 0 aromatic heterocycles. The highest BCUT2D eigenvalue weighted by molar-refractivity contribution is 5.79. The molecule has 0 saturated heterocycles. The SMILES string of the molecule is CCNC(=NCc1cccc(OCC(=O)NC2CC2)c1)NCCCOCC1CC1. The van der Waals surface area contributed by atoms with Crippen molar-refractivity contribution in [3.8, 4) is 5.75 Å². The number of carbonyl (C=O) groups is 1. The van der Waals surface area contributed by atoms with Crippen LogP contribution in [0.2, 0.25) is 0 Å². The first-order chi connectivity index (χ1) is 14.2. The molecule has 2 saturated carbocycles. The number of benzene rings is 1. The summed E-state index contributed by atoms with van der Waals surface area (Å²) in [5, 5.41) is 9.54. The van der Waals surface area contributed by atoms with Gasteiger partial charge in [0, 0.05) is 32.3 Å². The molecule has 160 valence electrons. The predicted octanol–water partition coefficient (Wildman–Crippen LogP) is 2.22. The third kappa shape index (κ3) is 9.17. The first-order valence-electron chi connectivity index (χ1n) is 10.8. The van der Waals surface area contributed by atoms with E-state index in [2.05, 4.69) is 27.9 Å². The van der Waals surface area contributed by atoms with Crippen LogP contribution in [0.1, 0.15) is 44.6 Å². The van der Waals surface area contributed by atoms with E-state index in [-0.39, 0.29) is 12.5 Å². The van der Waals surface area contributed by atoms with Crippen molar-refractivity contribution in [2.75, 3.05) is 32.9 Å². The van der Waals surface area contributed by atoms with Gasteiger partial charge in [0.25, 0.3) is 5.91 Å². The Kier molecular flexibility index (Phi) is 8.61. The van der Waals surface area contributed by atoms with Gasteiger partial charge in [0.1, 0.15) is 5.75 Å². The van der Waals surface area contributed by atoms with Crippen molar-refractivity contribution in [2.24, 2.45) is 10.9 Å². The Morgan fingerprint density at radius 2 is 2.07 bits per heavy atom. The van der Waals surface area contributed by atoms with Crippen molar-refractivity contribution in [3.63, 3.8) is 0 Å². The summed E-state index contributed by atoms with van der Waals surface area (Å²) in [6.07, 6.45) is 5.78. The Labute approximate surface area is 173 Å². The second-order valence-electron chi connectivity index (χ2n) is 7.77.